The molecule has 1 aromatic rings. The number of aldehydes is 1. The van der Waals surface area contributed by atoms with Crippen molar-refractivity contribution in [3.8, 4) is 5.75 Å². The molecule has 80 valence electrons. The summed E-state index contributed by atoms with van der Waals surface area (Å²) in [7, 11) is 1.49. The molecular weight excluding hydrogens is 264 g/mol. The minimum atomic E-state index is 0.119. The van der Waals surface area contributed by atoms with E-state index in [1.807, 2.05) is 0 Å². The molecule has 0 radical (unpaired) electrons. The zero-order valence-corrected chi connectivity index (χ0v) is 9.58. The third kappa shape index (κ3) is 2.76. The van der Waals surface area contributed by atoms with Crippen molar-refractivity contribution in [3.05, 3.63) is 21.5 Å². The zero-order chi connectivity index (χ0) is 11.3. The van der Waals surface area contributed by atoms with Gasteiger partial charge >= 0.3 is 0 Å². The minimum absolute atomic E-state index is 0.119. The van der Waals surface area contributed by atoms with E-state index in [9.17, 15) is 9.70 Å². The van der Waals surface area contributed by atoms with Crippen molar-refractivity contribution >= 4 is 33.6 Å². The van der Waals surface area contributed by atoms with Crippen molar-refractivity contribution < 1.29 is 9.53 Å². The number of halogens is 1. The van der Waals surface area contributed by atoms with Crippen molar-refractivity contribution in [2.45, 2.75) is 0 Å². The van der Waals surface area contributed by atoms with Crippen molar-refractivity contribution in [1.29, 1.82) is 0 Å². The minimum Gasteiger partial charge on any atom is -0.497 e. The summed E-state index contributed by atoms with van der Waals surface area (Å²) in [6.45, 7) is 0.119. The lowest BCUT2D eigenvalue weighted by molar-refractivity contribution is -0.106. The summed E-state index contributed by atoms with van der Waals surface area (Å²) in [5.41, 5.74) is 0.681. The molecule has 6 heteroatoms. The molecule has 0 heterocycles. The maximum Gasteiger partial charge on any atom is 0.139 e. The Labute approximate surface area is 94.9 Å². The lowest BCUT2D eigenvalue weighted by Crippen LogP contribution is -2.03. The lowest BCUT2D eigenvalue weighted by atomic mass is 10.2. The SMILES string of the molecule is COc1cc(Br)c(NCC=O)c(N=O)c1. The second-order valence-corrected chi connectivity index (χ2v) is 3.50. The largest absolute Gasteiger partial charge is 0.497 e. The Bertz CT molecular complexity index is 382. The molecule has 0 aromatic heterocycles. The molecule has 5 nitrogen and oxygen atoms in total. The molecule has 0 bridgehead atoms. The first kappa shape index (κ1) is 11.6. The number of hydrogen-bond acceptors (Lipinski definition) is 5. The van der Waals surface area contributed by atoms with Gasteiger partial charge in [-0.3, -0.25) is 0 Å². The van der Waals surface area contributed by atoms with Gasteiger partial charge in [-0.15, -0.1) is 4.91 Å². The Morgan fingerprint density at radius 3 is 2.87 bits per heavy atom. The first-order valence-corrected chi connectivity index (χ1v) is 4.90. The molecule has 0 aliphatic heterocycles. The van der Waals surface area contributed by atoms with E-state index >= 15 is 0 Å². The molecule has 0 spiro atoms. The van der Waals surface area contributed by atoms with Crippen LogP contribution in [0.15, 0.2) is 21.8 Å². The van der Waals surface area contributed by atoms with Crippen LogP contribution in [0, 0.1) is 4.91 Å². The Hall–Kier alpha value is -1.43. The fourth-order valence-electron chi connectivity index (χ4n) is 1.08. The quantitative estimate of drug-likeness (QED) is 0.661. The number of anilines is 1. The summed E-state index contributed by atoms with van der Waals surface area (Å²) in [5, 5.41) is 5.62. The van der Waals surface area contributed by atoms with Gasteiger partial charge in [-0.1, -0.05) is 0 Å². The first-order valence-electron chi connectivity index (χ1n) is 4.11. The normalized spacial score (nSPS) is 9.47. The van der Waals surface area contributed by atoms with E-state index in [1.54, 1.807) is 6.07 Å². The number of ether oxygens (including phenoxy) is 1. The Kier molecular flexibility index (Phi) is 4.23. The number of carbonyl (C=O) groups is 1. The summed E-state index contributed by atoms with van der Waals surface area (Å²) in [5.74, 6) is 0.521. The third-order valence-corrected chi connectivity index (χ3v) is 2.36. The maximum absolute atomic E-state index is 10.6. The van der Waals surface area contributed by atoms with Crippen molar-refractivity contribution in [1.82, 2.24) is 0 Å². The molecule has 0 fully saturated rings. The molecule has 0 aliphatic carbocycles. The summed E-state index contributed by atoms with van der Waals surface area (Å²) < 4.78 is 5.59. The number of nitroso groups, excluding NO2 is 1. The van der Waals surface area contributed by atoms with Gasteiger partial charge in [0.1, 0.15) is 17.7 Å². The second kappa shape index (κ2) is 5.45. The van der Waals surface area contributed by atoms with Gasteiger partial charge in [-0.05, 0) is 27.2 Å². The number of rotatable bonds is 5. The van der Waals surface area contributed by atoms with E-state index in [-0.39, 0.29) is 12.2 Å². The standard InChI is InChI=1S/C9H9BrN2O3/c1-15-6-4-7(10)9(11-2-3-13)8(5-6)12-14/h3-5,11H,2H2,1H3. The van der Waals surface area contributed by atoms with Crippen molar-refractivity contribution in [2.24, 2.45) is 5.18 Å². The van der Waals surface area contributed by atoms with E-state index < -0.39 is 0 Å². The van der Waals surface area contributed by atoms with Gasteiger partial charge in [-0.25, -0.2) is 0 Å². The molecule has 0 amide bonds. The zero-order valence-electron chi connectivity index (χ0n) is 7.99. The van der Waals surface area contributed by atoms with Crippen LogP contribution in [0.4, 0.5) is 11.4 Å². The number of benzene rings is 1. The third-order valence-electron chi connectivity index (χ3n) is 1.74. The summed E-state index contributed by atoms with van der Waals surface area (Å²) in [4.78, 5) is 20.8. The number of nitrogens with one attached hydrogen (secondary N) is 1. The van der Waals surface area contributed by atoms with E-state index in [0.29, 0.717) is 22.2 Å². The van der Waals surface area contributed by atoms with E-state index in [2.05, 4.69) is 26.4 Å². The summed E-state index contributed by atoms with van der Waals surface area (Å²) >= 11 is 3.25. The Morgan fingerprint density at radius 2 is 2.33 bits per heavy atom. The molecule has 0 saturated heterocycles. The van der Waals surface area contributed by atoms with E-state index in [0.717, 1.165) is 0 Å². The smallest absolute Gasteiger partial charge is 0.139 e. The highest BCUT2D eigenvalue weighted by molar-refractivity contribution is 9.10. The van der Waals surface area contributed by atoms with Gasteiger partial charge < -0.3 is 14.8 Å². The molecular formula is C9H9BrN2O3. The van der Waals surface area contributed by atoms with Crippen LogP contribution in [-0.2, 0) is 4.79 Å². The van der Waals surface area contributed by atoms with Gasteiger partial charge in [-0.2, -0.15) is 0 Å². The van der Waals surface area contributed by atoms with Crippen molar-refractivity contribution in [2.75, 3.05) is 19.0 Å². The molecule has 0 aliphatic rings. The highest BCUT2D eigenvalue weighted by Crippen LogP contribution is 2.36. The molecule has 1 N–H and O–H groups in total. The molecule has 0 unspecified atom stereocenters. The van der Waals surface area contributed by atoms with Crippen molar-refractivity contribution in [3.63, 3.8) is 0 Å². The van der Waals surface area contributed by atoms with Gasteiger partial charge in [0.05, 0.1) is 19.3 Å². The monoisotopic (exact) mass is 272 g/mol. The van der Waals surface area contributed by atoms with Crippen LogP contribution in [0.2, 0.25) is 0 Å². The molecule has 0 atom stereocenters. The van der Waals surface area contributed by atoms with Crippen LogP contribution < -0.4 is 10.1 Å². The van der Waals surface area contributed by atoms with E-state index in [1.165, 1.54) is 13.2 Å². The van der Waals surface area contributed by atoms with Gasteiger partial charge in [0.15, 0.2) is 0 Å². The number of nitrogens with zero attached hydrogens (tertiary/aromatic N) is 1. The predicted octanol–water partition coefficient (Wildman–Crippen LogP) is 2.47. The van der Waals surface area contributed by atoms with Gasteiger partial charge in [0.2, 0.25) is 0 Å². The number of carbonyl (C=O) groups excluding carboxylic acids is 1. The topological polar surface area (TPSA) is 67.8 Å². The fraction of sp³-hybridized carbons (Fsp3) is 0.222. The summed E-state index contributed by atoms with van der Waals surface area (Å²) in [6.07, 6.45) is 0.700. The van der Waals surface area contributed by atoms with Crippen LogP contribution >= 0.6 is 15.9 Å². The van der Waals surface area contributed by atoms with Crippen LogP contribution in [0.1, 0.15) is 0 Å². The van der Waals surface area contributed by atoms with Crippen LogP contribution in [-0.4, -0.2) is 19.9 Å². The van der Waals surface area contributed by atoms with Crippen LogP contribution in [0.5, 0.6) is 5.75 Å². The average molecular weight is 273 g/mol. The predicted molar refractivity (Wildman–Crippen MR) is 60.7 cm³/mol. The molecule has 15 heavy (non-hydrogen) atoms. The molecule has 0 saturated carbocycles. The highest BCUT2D eigenvalue weighted by Gasteiger charge is 2.09. The summed E-state index contributed by atoms with van der Waals surface area (Å²) in [6, 6.07) is 3.17. The Balaban J connectivity index is 3.12. The fourth-order valence-corrected chi connectivity index (χ4v) is 1.65. The average Bonchev–Trinajstić information content (AvgIpc) is 2.26. The second-order valence-electron chi connectivity index (χ2n) is 2.64. The molecule has 1 rings (SSSR count). The Morgan fingerprint density at radius 1 is 1.60 bits per heavy atom. The van der Waals surface area contributed by atoms with Gasteiger partial charge in [0.25, 0.3) is 0 Å². The highest BCUT2D eigenvalue weighted by atomic mass is 79.9. The first-order chi connectivity index (χ1) is 7.22. The van der Waals surface area contributed by atoms with E-state index in [4.69, 9.17) is 4.74 Å². The number of methoxy groups -OCH3 is 1. The van der Waals surface area contributed by atoms with Gasteiger partial charge in [0, 0.05) is 10.5 Å². The molecule has 1 aromatic carbocycles. The number of hydrogen-bond donors (Lipinski definition) is 1. The maximum atomic E-state index is 10.6. The van der Waals surface area contributed by atoms with Crippen LogP contribution in [0.3, 0.4) is 0 Å². The van der Waals surface area contributed by atoms with Crippen LogP contribution in [0.25, 0.3) is 0 Å². The lowest BCUT2D eigenvalue weighted by Gasteiger charge is -2.09.